The molecule has 0 radical (unpaired) electrons. The lowest BCUT2D eigenvalue weighted by Crippen LogP contribution is -2.32. The van der Waals surface area contributed by atoms with Crippen LogP contribution in [0.5, 0.6) is 0 Å². The molecule has 3 rings (SSSR count). The molecule has 0 aliphatic carbocycles. The van der Waals surface area contributed by atoms with Crippen LogP contribution in [0.1, 0.15) is 33.1 Å². The maximum atomic E-state index is 13.0. The summed E-state index contributed by atoms with van der Waals surface area (Å²) >= 11 is 0. The maximum absolute atomic E-state index is 13.0. The van der Waals surface area contributed by atoms with Crippen molar-refractivity contribution in [3.8, 4) is 6.07 Å². The molecule has 0 unspecified atom stereocenters. The second kappa shape index (κ2) is 7.46. The van der Waals surface area contributed by atoms with Crippen LogP contribution in [0.3, 0.4) is 0 Å². The molecule has 3 aromatic rings. The first kappa shape index (κ1) is 16.5. The van der Waals surface area contributed by atoms with Gasteiger partial charge in [0.15, 0.2) is 0 Å². The molecule has 0 bridgehead atoms. The van der Waals surface area contributed by atoms with Crippen molar-refractivity contribution >= 4 is 5.91 Å². The van der Waals surface area contributed by atoms with E-state index in [4.69, 9.17) is 5.26 Å². The first-order valence-electron chi connectivity index (χ1n) is 8.08. The molecule has 3 aromatic carbocycles. The zero-order chi connectivity index (χ0) is 17.6. The summed E-state index contributed by atoms with van der Waals surface area (Å²) in [6, 6.07) is 28.6. The minimum Gasteiger partial charge on any atom is -0.331 e. The number of benzene rings is 3. The number of carbonyl (C=O) groups excluding carboxylic acids is 1. The summed E-state index contributed by atoms with van der Waals surface area (Å²) in [6.07, 6.45) is 0. The third-order valence-corrected chi connectivity index (χ3v) is 4.20. The lowest BCUT2D eigenvalue weighted by molar-refractivity contribution is 0.0755. The number of rotatable bonds is 4. The highest BCUT2D eigenvalue weighted by atomic mass is 16.2. The van der Waals surface area contributed by atoms with E-state index in [1.54, 1.807) is 29.2 Å². The van der Waals surface area contributed by atoms with Crippen LogP contribution in [0.2, 0.25) is 0 Å². The summed E-state index contributed by atoms with van der Waals surface area (Å²) in [5.41, 5.74) is 3.22. The molecule has 1 amide bonds. The van der Waals surface area contributed by atoms with E-state index in [0.717, 1.165) is 11.1 Å². The van der Waals surface area contributed by atoms with Crippen molar-refractivity contribution in [2.75, 3.05) is 7.05 Å². The van der Waals surface area contributed by atoms with Crippen molar-refractivity contribution in [3.05, 3.63) is 107 Å². The monoisotopic (exact) mass is 326 g/mol. The molecule has 0 atom stereocenters. The number of hydrogen-bond acceptors (Lipinski definition) is 2. The van der Waals surface area contributed by atoms with Crippen molar-refractivity contribution in [1.29, 1.82) is 5.26 Å². The van der Waals surface area contributed by atoms with Crippen LogP contribution in [0.4, 0.5) is 0 Å². The first-order valence-corrected chi connectivity index (χ1v) is 8.08. The molecule has 3 heteroatoms. The molecular weight excluding hydrogens is 308 g/mol. The van der Waals surface area contributed by atoms with Crippen LogP contribution in [0.15, 0.2) is 84.9 Å². The Morgan fingerprint density at radius 1 is 0.840 bits per heavy atom. The van der Waals surface area contributed by atoms with Crippen molar-refractivity contribution in [2.45, 2.75) is 6.04 Å². The Kier molecular flexibility index (Phi) is 4.92. The number of hydrogen-bond donors (Lipinski definition) is 0. The Morgan fingerprint density at radius 3 is 1.76 bits per heavy atom. The molecule has 0 saturated carbocycles. The van der Waals surface area contributed by atoms with Gasteiger partial charge in [0, 0.05) is 12.6 Å². The van der Waals surface area contributed by atoms with Crippen LogP contribution in [-0.2, 0) is 0 Å². The first-order chi connectivity index (χ1) is 12.2. The molecule has 0 N–H and O–H groups in total. The van der Waals surface area contributed by atoms with Gasteiger partial charge in [-0.2, -0.15) is 5.26 Å². The molecule has 0 saturated heterocycles. The average molecular weight is 326 g/mol. The van der Waals surface area contributed by atoms with Gasteiger partial charge in [0.1, 0.15) is 0 Å². The fraction of sp³-hybridized carbons (Fsp3) is 0.0909. The van der Waals surface area contributed by atoms with Gasteiger partial charge in [-0.05, 0) is 35.4 Å². The van der Waals surface area contributed by atoms with Gasteiger partial charge in [-0.15, -0.1) is 0 Å². The SMILES string of the molecule is CN(C(=O)c1ccc(C#N)cc1)C(c1ccccc1)c1ccccc1. The molecular formula is C22H18N2O. The highest BCUT2D eigenvalue weighted by Crippen LogP contribution is 2.28. The number of amides is 1. The Balaban J connectivity index is 1.98. The standard InChI is InChI=1S/C22H18N2O/c1-24(22(25)20-14-12-17(16-23)13-15-20)21(18-8-4-2-5-9-18)19-10-6-3-7-11-19/h2-15,21H,1H3. The lowest BCUT2D eigenvalue weighted by Gasteiger charge is -2.29. The predicted octanol–water partition coefficient (Wildman–Crippen LogP) is 4.42. The predicted molar refractivity (Wildman–Crippen MR) is 98.0 cm³/mol. The molecule has 25 heavy (non-hydrogen) atoms. The van der Waals surface area contributed by atoms with Crippen LogP contribution >= 0.6 is 0 Å². The Labute approximate surface area is 147 Å². The lowest BCUT2D eigenvalue weighted by atomic mass is 9.96. The van der Waals surface area contributed by atoms with Crippen LogP contribution < -0.4 is 0 Å². The van der Waals surface area contributed by atoms with Gasteiger partial charge in [-0.3, -0.25) is 4.79 Å². The number of carbonyl (C=O) groups is 1. The smallest absolute Gasteiger partial charge is 0.254 e. The Bertz CT molecular complexity index is 841. The van der Waals surface area contributed by atoms with Gasteiger partial charge >= 0.3 is 0 Å². The van der Waals surface area contributed by atoms with Gasteiger partial charge in [-0.1, -0.05) is 60.7 Å². The van der Waals surface area contributed by atoms with Crippen molar-refractivity contribution in [3.63, 3.8) is 0 Å². The average Bonchev–Trinajstić information content (AvgIpc) is 2.69. The highest BCUT2D eigenvalue weighted by Gasteiger charge is 2.24. The zero-order valence-electron chi connectivity index (χ0n) is 14.0. The quantitative estimate of drug-likeness (QED) is 0.712. The summed E-state index contributed by atoms with van der Waals surface area (Å²) in [5.74, 6) is -0.0813. The van der Waals surface area contributed by atoms with Crippen molar-refractivity contribution < 1.29 is 4.79 Å². The maximum Gasteiger partial charge on any atom is 0.254 e. The van der Waals surface area contributed by atoms with E-state index >= 15 is 0 Å². The topological polar surface area (TPSA) is 44.1 Å². The number of nitriles is 1. The van der Waals surface area contributed by atoms with E-state index < -0.39 is 0 Å². The van der Waals surface area contributed by atoms with E-state index in [2.05, 4.69) is 6.07 Å². The van der Waals surface area contributed by atoms with Gasteiger partial charge in [-0.25, -0.2) is 0 Å². The minimum absolute atomic E-state index is 0.0813. The zero-order valence-corrected chi connectivity index (χ0v) is 14.0. The summed E-state index contributed by atoms with van der Waals surface area (Å²) in [5, 5.41) is 8.92. The third kappa shape index (κ3) is 3.59. The fourth-order valence-corrected chi connectivity index (χ4v) is 2.92. The van der Waals surface area contributed by atoms with Gasteiger partial charge in [0.05, 0.1) is 17.7 Å². The number of nitrogens with zero attached hydrogens (tertiary/aromatic N) is 2. The molecule has 122 valence electrons. The second-order valence-corrected chi connectivity index (χ2v) is 5.83. The molecule has 0 aliphatic heterocycles. The van der Waals surface area contributed by atoms with E-state index in [-0.39, 0.29) is 11.9 Å². The van der Waals surface area contributed by atoms with E-state index in [0.29, 0.717) is 11.1 Å². The normalized spacial score (nSPS) is 10.3. The van der Waals surface area contributed by atoms with Gasteiger partial charge in [0.2, 0.25) is 0 Å². The fourth-order valence-electron chi connectivity index (χ4n) is 2.92. The molecule has 3 nitrogen and oxygen atoms in total. The summed E-state index contributed by atoms with van der Waals surface area (Å²) in [6.45, 7) is 0. The van der Waals surface area contributed by atoms with Gasteiger partial charge < -0.3 is 4.90 Å². The van der Waals surface area contributed by atoms with E-state index in [1.807, 2.05) is 67.7 Å². The van der Waals surface area contributed by atoms with Gasteiger partial charge in [0.25, 0.3) is 5.91 Å². The molecule has 0 spiro atoms. The summed E-state index contributed by atoms with van der Waals surface area (Å²) in [7, 11) is 1.81. The largest absolute Gasteiger partial charge is 0.331 e. The minimum atomic E-state index is -0.175. The summed E-state index contributed by atoms with van der Waals surface area (Å²) in [4.78, 5) is 14.7. The van der Waals surface area contributed by atoms with Crippen LogP contribution in [-0.4, -0.2) is 17.9 Å². The van der Waals surface area contributed by atoms with E-state index in [1.165, 1.54) is 0 Å². The highest BCUT2D eigenvalue weighted by molar-refractivity contribution is 5.94. The summed E-state index contributed by atoms with van der Waals surface area (Å²) < 4.78 is 0. The van der Waals surface area contributed by atoms with E-state index in [9.17, 15) is 4.79 Å². The van der Waals surface area contributed by atoms with Crippen LogP contribution in [0, 0.1) is 11.3 Å². The molecule has 0 fully saturated rings. The molecule has 0 aromatic heterocycles. The van der Waals surface area contributed by atoms with Crippen molar-refractivity contribution in [1.82, 2.24) is 4.90 Å². The Morgan fingerprint density at radius 2 is 1.32 bits per heavy atom. The van der Waals surface area contributed by atoms with Crippen molar-refractivity contribution in [2.24, 2.45) is 0 Å². The van der Waals surface area contributed by atoms with Crippen LogP contribution in [0.25, 0.3) is 0 Å². The molecule has 0 heterocycles. The third-order valence-electron chi connectivity index (χ3n) is 4.20. The Hall–Kier alpha value is -3.38. The molecule has 0 aliphatic rings. The second-order valence-electron chi connectivity index (χ2n) is 5.83.